The van der Waals surface area contributed by atoms with E-state index in [1.807, 2.05) is 0 Å². The molecule has 4 heteroatoms. The molecular formula is C12H14Cl2N2. The average molecular weight is 257 g/mol. The van der Waals surface area contributed by atoms with Crippen molar-refractivity contribution in [1.82, 2.24) is 9.97 Å². The predicted octanol–water partition coefficient (Wildman–Crippen LogP) is 3.93. The highest BCUT2D eigenvalue weighted by atomic mass is 35.5. The first-order valence-electron chi connectivity index (χ1n) is 5.94. The molecule has 1 saturated carbocycles. The highest BCUT2D eigenvalue weighted by Gasteiger charge is 2.41. The van der Waals surface area contributed by atoms with Crippen molar-refractivity contribution in [2.24, 2.45) is 0 Å². The summed E-state index contributed by atoms with van der Waals surface area (Å²) in [6.45, 7) is 0. The van der Waals surface area contributed by atoms with E-state index in [1.54, 1.807) is 0 Å². The Balaban J connectivity index is 2.17. The molecule has 1 aromatic heterocycles. The standard InChI is InChI=1S/C12H14Cl2N2/c13-10-8-4-3-7-12(5-1-2-6-12)9(8)15-11(14)16-10/h1-7H2. The number of rotatable bonds is 0. The van der Waals surface area contributed by atoms with Crippen LogP contribution in [-0.2, 0) is 11.8 Å². The normalized spacial score (nSPS) is 22.4. The van der Waals surface area contributed by atoms with Crippen LogP contribution in [0.4, 0.5) is 0 Å². The zero-order chi connectivity index (χ0) is 11.2. The van der Waals surface area contributed by atoms with E-state index in [9.17, 15) is 0 Å². The van der Waals surface area contributed by atoms with E-state index in [0.717, 1.165) is 17.7 Å². The zero-order valence-corrected chi connectivity index (χ0v) is 10.6. The van der Waals surface area contributed by atoms with Crippen molar-refractivity contribution in [2.45, 2.75) is 50.4 Å². The predicted molar refractivity (Wildman–Crippen MR) is 65.1 cm³/mol. The Bertz CT molecular complexity index is 425. The molecular weight excluding hydrogens is 243 g/mol. The van der Waals surface area contributed by atoms with E-state index in [0.29, 0.717) is 10.4 Å². The highest BCUT2D eigenvalue weighted by molar-refractivity contribution is 6.32. The summed E-state index contributed by atoms with van der Waals surface area (Å²) in [6, 6.07) is 0. The lowest BCUT2D eigenvalue weighted by atomic mass is 9.72. The lowest BCUT2D eigenvalue weighted by Crippen LogP contribution is -2.29. The van der Waals surface area contributed by atoms with E-state index in [4.69, 9.17) is 23.2 Å². The Morgan fingerprint density at radius 2 is 1.62 bits per heavy atom. The summed E-state index contributed by atoms with van der Waals surface area (Å²) in [5.41, 5.74) is 2.57. The van der Waals surface area contributed by atoms with Gasteiger partial charge in [-0.1, -0.05) is 24.4 Å². The molecule has 1 spiro atoms. The molecule has 0 aromatic carbocycles. The fourth-order valence-electron chi connectivity index (χ4n) is 3.35. The van der Waals surface area contributed by atoms with Gasteiger partial charge in [-0.05, 0) is 43.7 Å². The van der Waals surface area contributed by atoms with Crippen LogP contribution >= 0.6 is 23.2 Å². The van der Waals surface area contributed by atoms with Gasteiger partial charge in [-0.2, -0.15) is 0 Å². The number of hydrogen-bond acceptors (Lipinski definition) is 2. The summed E-state index contributed by atoms with van der Waals surface area (Å²) >= 11 is 12.1. The third kappa shape index (κ3) is 1.54. The van der Waals surface area contributed by atoms with Crippen molar-refractivity contribution >= 4 is 23.2 Å². The Kier molecular flexibility index (Phi) is 2.60. The van der Waals surface area contributed by atoms with Gasteiger partial charge in [0.1, 0.15) is 5.15 Å². The van der Waals surface area contributed by atoms with Gasteiger partial charge in [-0.15, -0.1) is 0 Å². The maximum absolute atomic E-state index is 6.17. The second-order valence-corrected chi connectivity index (χ2v) is 5.65. The van der Waals surface area contributed by atoms with Gasteiger partial charge in [0.25, 0.3) is 0 Å². The van der Waals surface area contributed by atoms with Crippen LogP contribution in [0.15, 0.2) is 0 Å². The molecule has 86 valence electrons. The summed E-state index contributed by atoms with van der Waals surface area (Å²) in [6.07, 6.45) is 8.54. The van der Waals surface area contributed by atoms with Crippen LogP contribution in [0.3, 0.4) is 0 Å². The van der Waals surface area contributed by atoms with Crippen LogP contribution in [0, 0.1) is 0 Å². The van der Waals surface area contributed by atoms with Crippen molar-refractivity contribution in [1.29, 1.82) is 0 Å². The second kappa shape index (κ2) is 3.85. The Morgan fingerprint density at radius 1 is 0.938 bits per heavy atom. The van der Waals surface area contributed by atoms with Gasteiger partial charge in [-0.25, -0.2) is 9.97 Å². The minimum Gasteiger partial charge on any atom is -0.222 e. The number of hydrogen-bond donors (Lipinski definition) is 0. The number of halogens is 2. The quantitative estimate of drug-likeness (QED) is 0.519. The number of aromatic nitrogens is 2. The van der Waals surface area contributed by atoms with Crippen molar-refractivity contribution < 1.29 is 0 Å². The molecule has 0 saturated heterocycles. The maximum atomic E-state index is 6.17. The smallest absolute Gasteiger partial charge is 0.222 e. The molecule has 0 atom stereocenters. The van der Waals surface area contributed by atoms with Gasteiger partial charge in [0.15, 0.2) is 0 Å². The van der Waals surface area contributed by atoms with Gasteiger partial charge in [-0.3, -0.25) is 0 Å². The first-order chi connectivity index (χ1) is 7.71. The third-order valence-corrected chi connectivity index (χ3v) is 4.56. The molecule has 0 aliphatic heterocycles. The van der Waals surface area contributed by atoms with Crippen LogP contribution in [0.1, 0.15) is 49.8 Å². The van der Waals surface area contributed by atoms with Gasteiger partial charge in [0.05, 0.1) is 5.69 Å². The summed E-state index contributed by atoms with van der Waals surface area (Å²) in [5.74, 6) is 0. The molecule has 2 aliphatic rings. The minimum atomic E-state index is 0.268. The van der Waals surface area contributed by atoms with Crippen molar-refractivity contribution in [2.75, 3.05) is 0 Å². The average Bonchev–Trinajstić information content (AvgIpc) is 2.69. The van der Waals surface area contributed by atoms with Crippen molar-refractivity contribution in [3.63, 3.8) is 0 Å². The van der Waals surface area contributed by atoms with Gasteiger partial charge >= 0.3 is 0 Å². The first kappa shape index (κ1) is 10.8. The summed E-state index contributed by atoms with van der Waals surface area (Å²) < 4.78 is 0. The largest absolute Gasteiger partial charge is 0.224 e. The molecule has 0 unspecified atom stereocenters. The molecule has 1 aromatic rings. The Labute approximate surface area is 105 Å². The maximum Gasteiger partial charge on any atom is 0.224 e. The van der Waals surface area contributed by atoms with Gasteiger partial charge in [0, 0.05) is 11.0 Å². The van der Waals surface area contributed by atoms with Crippen LogP contribution in [0.2, 0.25) is 10.4 Å². The third-order valence-electron chi connectivity index (χ3n) is 4.07. The summed E-state index contributed by atoms with van der Waals surface area (Å²) in [4.78, 5) is 8.54. The van der Waals surface area contributed by atoms with E-state index in [1.165, 1.54) is 38.5 Å². The first-order valence-corrected chi connectivity index (χ1v) is 6.69. The molecule has 1 heterocycles. The Morgan fingerprint density at radius 3 is 2.38 bits per heavy atom. The molecule has 0 N–H and O–H groups in total. The summed E-state index contributed by atoms with van der Waals surface area (Å²) in [7, 11) is 0. The molecule has 1 fully saturated rings. The van der Waals surface area contributed by atoms with E-state index >= 15 is 0 Å². The van der Waals surface area contributed by atoms with Gasteiger partial charge in [0.2, 0.25) is 5.28 Å². The van der Waals surface area contributed by atoms with Gasteiger partial charge < -0.3 is 0 Å². The lowest BCUT2D eigenvalue weighted by Gasteiger charge is -2.34. The SMILES string of the molecule is Clc1nc(Cl)c2c(n1)C1(CCCC1)CCC2. The molecule has 2 aliphatic carbocycles. The second-order valence-electron chi connectivity index (χ2n) is 4.95. The number of fused-ring (bicyclic) bond motifs is 2. The fraction of sp³-hybridized carbons (Fsp3) is 0.667. The highest BCUT2D eigenvalue weighted by Crippen LogP contribution is 2.49. The summed E-state index contributed by atoms with van der Waals surface area (Å²) in [5, 5.41) is 0.873. The van der Waals surface area contributed by atoms with Crippen LogP contribution in [-0.4, -0.2) is 9.97 Å². The molecule has 0 amide bonds. The van der Waals surface area contributed by atoms with Crippen LogP contribution in [0.5, 0.6) is 0 Å². The lowest BCUT2D eigenvalue weighted by molar-refractivity contribution is 0.357. The molecule has 0 bridgehead atoms. The zero-order valence-electron chi connectivity index (χ0n) is 9.10. The topological polar surface area (TPSA) is 25.8 Å². The molecule has 2 nitrogen and oxygen atoms in total. The van der Waals surface area contributed by atoms with Crippen molar-refractivity contribution in [3.8, 4) is 0 Å². The van der Waals surface area contributed by atoms with E-state index in [2.05, 4.69) is 9.97 Å². The molecule has 3 rings (SSSR count). The van der Waals surface area contributed by atoms with E-state index < -0.39 is 0 Å². The minimum absolute atomic E-state index is 0.268. The number of nitrogens with zero attached hydrogens (tertiary/aromatic N) is 2. The molecule has 0 radical (unpaired) electrons. The fourth-order valence-corrected chi connectivity index (χ4v) is 3.83. The Hall–Kier alpha value is -0.340. The van der Waals surface area contributed by atoms with E-state index in [-0.39, 0.29) is 5.41 Å². The monoisotopic (exact) mass is 256 g/mol. The van der Waals surface area contributed by atoms with Crippen LogP contribution < -0.4 is 0 Å². The van der Waals surface area contributed by atoms with Crippen LogP contribution in [0.25, 0.3) is 0 Å². The van der Waals surface area contributed by atoms with Crippen molar-refractivity contribution in [3.05, 3.63) is 21.7 Å². The molecule has 16 heavy (non-hydrogen) atoms.